The maximum atomic E-state index is 6.64. The van der Waals surface area contributed by atoms with E-state index in [4.69, 9.17) is 23.2 Å². The number of hydrogen-bond donors (Lipinski definition) is 1. The van der Waals surface area contributed by atoms with Gasteiger partial charge in [-0.05, 0) is 48.6 Å². The molecule has 0 bridgehead atoms. The summed E-state index contributed by atoms with van der Waals surface area (Å²) in [5.74, 6) is 1.74. The lowest BCUT2D eigenvalue weighted by atomic mass is 10.0. The summed E-state index contributed by atoms with van der Waals surface area (Å²) in [5.41, 5.74) is 3.54. The summed E-state index contributed by atoms with van der Waals surface area (Å²) < 4.78 is 2.00. The number of H-pyrrole nitrogens is 1. The van der Waals surface area contributed by atoms with Gasteiger partial charge in [0.05, 0.1) is 15.6 Å². The first-order chi connectivity index (χ1) is 11.7. The molecule has 4 nitrogen and oxygen atoms in total. The van der Waals surface area contributed by atoms with E-state index in [-0.39, 0.29) is 0 Å². The second kappa shape index (κ2) is 5.23. The fourth-order valence-corrected chi connectivity index (χ4v) is 3.78. The molecular formula is C18H14Cl2N4. The van der Waals surface area contributed by atoms with Crippen LogP contribution in [0.15, 0.2) is 36.7 Å². The van der Waals surface area contributed by atoms with E-state index in [1.54, 1.807) is 0 Å². The fraction of sp³-hybridized carbons (Fsp3) is 0.222. The topological polar surface area (TPSA) is 46.0 Å². The van der Waals surface area contributed by atoms with Gasteiger partial charge in [-0.15, -0.1) is 10.2 Å². The van der Waals surface area contributed by atoms with Crippen LogP contribution in [-0.4, -0.2) is 19.6 Å². The van der Waals surface area contributed by atoms with Crippen molar-refractivity contribution >= 4 is 39.8 Å². The Balaban J connectivity index is 1.66. The van der Waals surface area contributed by atoms with Gasteiger partial charge in [-0.25, -0.2) is 0 Å². The summed E-state index contributed by atoms with van der Waals surface area (Å²) in [5, 5.41) is 11.0. The number of nitrogens with zero attached hydrogens (tertiary/aromatic N) is 3. The number of rotatable bonds is 3. The lowest BCUT2D eigenvalue weighted by molar-refractivity contribution is 0.758. The molecule has 0 spiro atoms. The number of fused-ring (bicyclic) bond motifs is 2. The fourth-order valence-electron chi connectivity index (χ4n) is 3.20. The van der Waals surface area contributed by atoms with Gasteiger partial charge in [0.25, 0.3) is 0 Å². The number of hydrogen-bond acceptors (Lipinski definition) is 2. The molecule has 120 valence electrons. The van der Waals surface area contributed by atoms with Crippen molar-refractivity contribution in [3.63, 3.8) is 0 Å². The lowest BCUT2D eigenvalue weighted by Crippen LogP contribution is -1.97. The summed E-state index contributed by atoms with van der Waals surface area (Å²) in [6, 6.07) is 8.03. The third-order valence-electron chi connectivity index (χ3n) is 4.68. The van der Waals surface area contributed by atoms with Crippen molar-refractivity contribution in [1.82, 2.24) is 19.6 Å². The van der Waals surface area contributed by atoms with Crippen LogP contribution in [0.25, 0.3) is 27.7 Å². The smallest absolute Gasteiger partial charge is 0.180 e. The minimum atomic E-state index is 0.609. The zero-order valence-corrected chi connectivity index (χ0v) is 14.3. The Morgan fingerprint density at radius 2 is 2.04 bits per heavy atom. The number of nitrogens with one attached hydrogen (secondary N) is 1. The average molecular weight is 357 g/mol. The third kappa shape index (κ3) is 2.21. The largest absolute Gasteiger partial charge is 0.360 e. The van der Waals surface area contributed by atoms with E-state index < -0.39 is 0 Å². The van der Waals surface area contributed by atoms with Crippen molar-refractivity contribution in [2.24, 2.45) is 5.92 Å². The number of aromatic amines is 1. The molecular weight excluding hydrogens is 343 g/mol. The third-order valence-corrected chi connectivity index (χ3v) is 5.35. The second-order valence-electron chi connectivity index (χ2n) is 6.40. The molecule has 3 aromatic heterocycles. The van der Waals surface area contributed by atoms with Crippen LogP contribution in [0.4, 0.5) is 0 Å². The molecule has 0 saturated heterocycles. The molecule has 1 N–H and O–H groups in total. The minimum absolute atomic E-state index is 0.609. The summed E-state index contributed by atoms with van der Waals surface area (Å²) in [6.07, 6.45) is 7.43. The van der Waals surface area contributed by atoms with Gasteiger partial charge in [0.1, 0.15) is 5.82 Å². The molecule has 0 atom stereocenters. The van der Waals surface area contributed by atoms with Crippen molar-refractivity contribution in [3.05, 3.63) is 52.5 Å². The highest BCUT2D eigenvalue weighted by Gasteiger charge is 2.24. The first-order valence-corrected chi connectivity index (χ1v) is 8.75. The molecule has 1 aliphatic carbocycles. The molecule has 1 fully saturated rings. The van der Waals surface area contributed by atoms with E-state index in [0.29, 0.717) is 15.7 Å². The Morgan fingerprint density at radius 3 is 2.88 bits per heavy atom. The van der Waals surface area contributed by atoms with E-state index >= 15 is 0 Å². The van der Waals surface area contributed by atoms with E-state index in [1.165, 1.54) is 12.8 Å². The monoisotopic (exact) mass is 356 g/mol. The van der Waals surface area contributed by atoms with Crippen LogP contribution < -0.4 is 0 Å². The summed E-state index contributed by atoms with van der Waals surface area (Å²) in [7, 11) is 0. The second-order valence-corrected chi connectivity index (χ2v) is 7.19. The predicted molar refractivity (Wildman–Crippen MR) is 96.7 cm³/mol. The normalized spacial score (nSPS) is 14.8. The first-order valence-electron chi connectivity index (χ1n) is 8.00. The van der Waals surface area contributed by atoms with Gasteiger partial charge in [0.2, 0.25) is 0 Å². The van der Waals surface area contributed by atoms with Crippen molar-refractivity contribution < 1.29 is 0 Å². The number of benzene rings is 1. The van der Waals surface area contributed by atoms with Gasteiger partial charge in [-0.3, -0.25) is 4.40 Å². The van der Waals surface area contributed by atoms with Gasteiger partial charge in [-0.1, -0.05) is 23.2 Å². The highest BCUT2D eigenvalue weighted by molar-refractivity contribution is 6.37. The summed E-state index contributed by atoms with van der Waals surface area (Å²) in [4.78, 5) is 3.15. The molecule has 1 aromatic carbocycles. The van der Waals surface area contributed by atoms with Gasteiger partial charge < -0.3 is 4.98 Å². The molecule has 4 aromatic rings. The van der Waals surface area contributed by atoms with E-state index in [1.807, 2.05) is 35.0 Å². The highest BCUT2D eigenvalue weighted by atomic mass is 35.5. The average Bonchev–Trinajstić information content (AvgIpc) is 3.08. The molecule has 6 heteroatoms. The zero-order chi connectivity index (χ0) is 16.3. The van der Waals surface area contributed by atoms with Crippen LogP contribution in [0.2, 0.25) is 10.0 Å². The minimum Gasteiger partial charge on any atom is -0.360 e. The molecule has 0 radical (unpaired) electrons. The zero-order valence-electron chi connectivity index (χ0n) is 12.8. The molecule has 0 unspecified atom stereocenters. The SMILES string of the molecule is Clc1cc(-c2ccn3c(CC4CC4)nnc3c2Cl)cc2cc[nH]c12. The summed E-state index contributed by atoms with van der Waals surface area (Å²) >= 11 is 13.0. The maximum Gasteiger partial charge on any atom is 0.180 e. The van der Waals surface area contributed by atoms with Crippen LogP contribution in [0, 0.1) is 5.92 Å². The Kier molecular flexibility index (Phi) is 3.12. The summed E-state index contributed by atoms with van der Waals surface area (Å²) in [6.45, 7) is 0. The lowest BCUT2D eigenvalue weighted by Gasteiger charge is -2.08. The van der Waals surface area contributed by atoms with E-state index in [0.717, 1.165) is 40.2 Å². The van der Waals surface area contributed by atoms with Gasteiger partial charge in [-0.2, -0.15) is 0 Å². The van der Waals surface area contributed by atoms with Crippen molar-refractivity contribution in [2.75, 3.05) is 0 Å². The molecule has 24 heavy (non-hydrogen) atoms. The standard InChI is InChI=1S/C18H14Cl2N4/c19-14-9-12(8-11-3-5-21-17(11)14)13-4-6-24-15(7-10-1-2-10)22-23-18(24)16(13)20/h3-6,8-10,21H,1-2,7H2. The molecule has 1 saturated carbocycles. The molecule has 0 amide bonds. The van der Waals surface area contributed by atoms with Crippen molar-refractivity contribution in [1.29, 1.82) is 0 Å². The Bertz CT molecular complexity index is 1080. The van der Waals surface area contributed by atoms with Crippen LogP contribution >= 0.6 is 23.2 Å². The molecule has 0 aliphatic heterocycles. The predicted octanol–water partition coefficient (Wildman–Crippen LogP) is 5.14. The van der Waals surface area contributed by atoms with Crippen LogP contribution in [0.1, 0.15) is 18.7 Å². The van der Waals surface area contributed by atoms with Crippen LogP contribution in [0.5, 0.6) is 0 Å². The van der Waals surface area contributed by atoms with Gasteiger partial charge in [0.15, 0.2) is 5.65 Å². The van der Waals surface area contributed by atoms with Crippen LogP contribution in [0.3, 0.4) is 0 Å². The van der Waals surface area contributed by atoms with E-state index in [9.17, 15) is 0 Å². The number of halogens is 2. The van der Waals surface area contributed by atoms with Crippen LogP contribution in [-0.2, 0) is 6.42 Å². The molecule has 5 rings (SSSR count). The first kappa shape index (κ1) is 14.3. The van der Waals surface area contributed by atoms with Gasteiger partial charge >= 0.3 is 0 Å². The van der Waals surface area contributed by atoms with Crippen molar-refractivity contribution in [3.8, 4) is 11.1 Å². The Hall–Kier alpha value is -2.04. The van der Waals surface area contributed by atoms with Gasteiger partial charge in [0, 0.05) is 29.8 Å². The highest BCUT2D eigenvalue weighted by Crippen LogP contribution is 2.36. The molecule has 3 heterocycles. The van der Waals surface area contributed by atoms with E-state index in [2.05, 4.69) is 21.2 Å². The maximum absolute atomic E-state index is 6.64. The van der Waals surface area contributed by atoms with Crippen molar-refractivity contribution in [2.45, 2.75) is 19.3 Å². The Labute approximate surface area is 148 Å². The number of aromatic nitrogens is 4. The quantitative estimate of drug-likeness (QED) is 0.552. The number of pyridine rings is 1. The Morgan fingerprint density at radius 1 is 1.17 bits per heavy atom. The molecule has 1 aliphatic rings.